The van der Waals surface area contributed by atoms with Crippen molar-refractivity contribution in [3.8, 4) is 0 Å². The third-order valence-electron chi connectivity index (χ3n) is 2.08. The van der Waals surface area contributed by atoms with Gasteiger partial charge in [-0.3, -0.25) is 0 Å². The van der Waals surface area contributed by atoms with Gasteiger partial charge in [0.15, 0.2) is 5.82 Å². The second-order valence-corrected chi connectivity index (χ2v) is 4.31. The van der Waals surface area contributed by atoms with E-state index in [1.165, 1.54) is 0 Å². The molecule has 0 aliphatic heterocycles. The Morgan fingerprint density at radius 2 is 1.76 bits per heavy atom. The lowest BCUT2D eigenvalue weighted by atomic mass is 10.2. The number of fused-ring (bicyclic) bond motifs is 1. The van der Waals surface area contributed by atoms with E-state index in [9.17, 15) is 22.0 Å². The Morgan fingerprint density at radius 1 is 1.12 bits per heavy atom. The SMILES string of the molecule is FC(F)(F)c1ccc2nc(C(F)(F)Br)[nH]c2c1. The van der Waals surface area contributed by atoms with Crippen LogP contribution in [0.15, 0.2) is 18.2 Å². The maximum atomic E-state index is 12.8. The molecule has 1 heterocycles. The third kappa shape index (κ3) is 2.41. The Bertz CT molecular complexity index is 542. The molecule has 92 valence electrons. The van der Waals surface area contributed by atoms with Gasteiger partial charge in [0.05, 0.1) is 16.6 Å². The molecule has 0 saturated heterocycles. The molecule has 0 radical (unpaired) electrons. The quantitative estimate of drug-likeness (QED) is 0.625. The van der Waals surface area contributed by atoms with Crippen molar-refractivity contribution in [2.75, 3.05) is 0 Å². The predicted molar refractivity (Wildman–Crippen MR) is 53.9 cm³/mol. The van der Waals surface area contributed by atoms with Crippen LogP contribution >= 0.6 is 15.9 Å². The van der Waals surface area contributed by atoms with Crippen molar-refractivity contribution in [2.24, 2.45) is 0 Å². The van der Waals surface area contributed by atoms with Crippen LogP contribution in [0.25, 0.3) is 11.0 Å². The van der Waals surface area contributed by atoms with Crippen molar-refractivity contribution >= 4 is 27.0 Å². The second kappa shape index (κ2) is 3.66. The summed E-state index contributed by atoms with van der Waals surface area (Å²) in [6.45, 7) is 0. The average Bonchev–Trinajstić information content (AvgIpc) is 2.57. The molecule has 2 rings (SSSR count). The number of aromatic amines is 1. The summed E-state index contributed by atoms with van der Waals surface area (Å²) in [5, 5.41) is 0. The minimum Gasteiger partial charge on any atom is -0.336 e. The Kier molecular flexibility index (Phi) is 2.64. The van der Waals surface area contributed by atoms with Gasteiger partial charge in [-0.05, 0) is 34.1 Å². The second-order valence-electron chi connectivity index (χ2n) is 3.31. The summed E-state index contributed by atoms with van der Waals surface area (Å²) >= 11 is 2.07. The molecular weight excluding hydrogens is 311 g/mol. The lowest BCUT2D eigenvalue weighted by molar-refractivity contribution is -0.137. The van der Waals surface area contributed by atoms with Crippen molar-refractivity contribution < 1.29 is 22.0 Å². The number of nitrogens with one attached hydrogen (secondary N) is 1. The normalized spacial score (nSPS) is 13.3. The standard InChI is InChI=1S/C9H4BrF5N2/c10-8(11,12)7-16-5-2-1-4(9(13,14)15)3-6(5)17-7/h1-3H,(H,16,17). The molecule has 0 aliphatic carbocycles. The van der Waals surface area contributed by atoms with Crippen LogP contribution in [0.4, 0.5) is 22.0 Å². The smallest absolute Gasteiger partial charge is 0.336 e. The fourth-order valence-electron chi connectivity index (χ4n) is 1.32. The van der Waals surface area contributed by atoms with Crippen molar-refractivity contribution in [2.45, 2.75) is 11.0 Å². The lowest BCUT2D eigenvalue weighted by Crippen LogP contribution is -2.04. The number of imidazole rings is 1. The minimum atomic E-state index is -4.52. The zero-order chi connectivity index (χ0) is 12.8. The van der Waals surface area contributed by atoms with Crippen LogP contribution in [0.5, 0.6) is 0 Å². The predicted octanol–water partition coefficient (Wildman–Crippen LogP) is 4.03. The lowest BCUT2D eigenvalue weighted by Gasteiger charge is -2.05. The van der Waals surface area contributed by atoms with Crippen molar-refractivity contribution in [1.29, 1.82) is 0 Å². The Morgan fingerprint density at radius 3 is 2.29 bits per heavy atom. The van der Waals surface area contributed by atoms with Gasteiger partial charge in [0.2, 0.25) is 0 Å². The molecule has 0 fully saturated rings. The molecule has 17 heavy (non-hydrogen) atoms. The zero-order valence-corrected chi connectivity index (χ0v) is 9.53. The molecule has 0 aliphatic rings. The number of rotatable bonds is 1. The number of benzene rings is 1. The molecule has 1 N–H and O–H groups in total. The van der Waals surface area contributed by atoms with Crippen molar-refractivity contribution in [1.82, 2.24) is 9.97 Å². The van der Waals surface area contributed by atoms with Gasteiger partial charge in [-0.25, -0.2) is 4.98 Å². The number of nitrogens with zero attached hydrogens (tertiary/aromatic N) is 1. The summed E-state index contributed by atoms with van der Waals surface area (Å²) in [7, 11) is 0. The van der Waals surface area contributed by atoms with E-state index < -0.39 is 22.4 Å². The van der Waals surface area contributed by atoms with Gasteiger partial charge in [-0.2, -0.15) is 22.0 Å². The van der Waals surface area contributed by atoms with Gasteiger partial charge < -0.3 is 4.98 Å². The van der Waals surface area contributed by atoms with Crippen LogP contribution in [-0.4, -0.2) is 9.97 Å². The first kappa shape index (κ1) is 12.3. The summed E-state index contributed by atoms with van der Waals surface area (Å²) in [6, 6.07) is 2.57. The average molecular weight is 315 g/mol. The van der Waals surface area contributed by atoms with E-state index in [1.54, 1.807) is 0 Å². The van der Waals surface area contributed by atoms with E-state index >= 15 is 0 Å². The number of hydrogen-bond acceptors (Lipinski definition) is 1. The summed E-state index contributed by atoms with van der Waals surface area (Å²) in [5.41, 5.74) is -0.959. The molecule has 0 unspecified atom stereocenters. The molecule has 1 aromatic carbocycles. The van der Waals surface area contributed by atoms with Gasteiger partial charge in [0.1, 0.15) is 0 Å². The van der Waals surface area contributed by atoms with Gasteiger partial charge in [0.25, 0.3) is 0 Å². The maximum Gasteiger partial charge on any atom is 0.416 e. The first-order valence-electron chi connectivity index (χ1n) is 4.32. The van der Waals surface area contributed by atoms with E-state index in [2.05, 4.69) is 25.9 Å². The summed E-state index contributed by atoms with van der Waals surface area (Å²) < 4.78 is 62.8. The highest BCUT2D eigenvalue weighted by molar-refractivity contribution is 9.09. The summed E-state index contributed by atoms with van der Waals surface area (Å²) in [4.78, 5) is 2.23. The molecule has 2 nitrogen and oxygen atoms in total. The van der Waals surface area contributed by atoms with Gasteiger partial charge in [-0.1, -0.05) is 0 Å². The van der Waals surface area contributed by atoms with Crippen LogP contribution in [0.1, 0.15) is 11.4 Å². The molecule has 0 bridgehead atoms. The van der Waals surface area contributed by atoms with E-state index in [4.69, 9.17) is 0 Å². The maximum absolute atomic E-state index is 12.8. The molecule has 0 spiro atoms. The molecular formula is C9H4BrF5N2. The Hall–Kier alpha value is -1.18. The van der Waals surface area contributed by atoms with Crippen molar-refractivity contribution in [3.63, 3.8) is 0 Å². The molecule has 8 heteroatoms. The first-order chi connectivity index (χ1) is 7.68. The highest BCUT2D eigenvalue weighted by atomic mass is 79.9. The van der Waals surface area contributed by atoms with Gasteiger partial charge in [-0.15, -0.1) is 0 Å². The van der Waals surface area contributed by atoms with E-state index in [-0.39, 0.29) is 11.0 Å². The molecule has 1 aromatic heterocycles. The molecule has 0 saturated carbocycles. The van der Waals surface area contributed by atoms with Crippen LogP contribution in [-0.2, 0) is 11.0 Å². The van der Waals surface area contributed by atoms with E-state index in [1.807, 2.05) is 0 Å². The number of hydrogen-bond donors (Lipinski definition) is 1. The summed E-state index contributed by atoms with van der Waals surface area (Å²) in [5.74, 6) is -0.730. The Labute approximate surface area is 100.0 Å². The van der Waals surface area contributed by atoms with Gasteiger partial charge in [0, 0.05) is 0 Å². The van der Waals surface area contributed by atoms with Crippen LogP contribution < -0.4 is 0 Å². The fraction of sp³-hybridized carbons (Fsp3) is 0.222. The highest BCUT2D eigenvalue weighted by Crippen LogP contribution is 2.35. The molecule has 0 atom stereocenters. The van der Waals surface area contributed by atoms with Crippen LogP contribution in [0.2, 0.25) is 0 Å². The molecule has 2 aromatic rings. The van der Waals surface area contributed by atoms with Crippen LogP contribution in [0, 0.1) is 0 Å². The first-order valence-corrected chi connectivity index (χ1v) is 5.11. The topological polar surface area (TPSA) is 28.7 Å². The fourth-order valence-corrected chi connectivity index (χ4v) is 1.51. The summed E-state index contributed by atoms with van der Waals surface area (Å²) in [6.07, 6.45) is -4.52. The number of H-pyrrole nitrogens is 1. The monoisotopic (exact) mass is 314 g/mol. The third-order valence-corrected chi connectivity index (χ3v) is 2.45. The number of halogens is 6. The van der Waals surface area contributed by atoms with Crippen LogP contribution in [0.3, 0.4) is 0 Å². The number of alkyl halides is 6. The minimum absolute atomic E-state index is 0.0483. The highest BCUT2D eigenvalue weighted by Gasteiger charge is 2.33. The largest absolute Gasteiger partial charge is 0.416 e. The number of aromatic nitrogens is 2. The van der Waals surface area contributed by atoms with E-state index in [0.29, 0.717) is 0 Å². The molecule has 0 amide bonds. The van der Waals surface area contributed by atoms with Crippen molar-refractivity contribution in [3.05, 3.63) is 29.6 Å². The van der Waals surface area contributed by atoms with Gasteiger partial charge >= 0.3 is 11.0 Å². The zero-order valence-electron chi connectivity index (χ0n) is 7.95. The Balaban J connectivity index is 2.56. The van der Waals surface area contributed by atoms with E-state index in [0.717, 1.165) is 18.2 Å².